The molecule has 18 heavy (non-hydrogen) atoms. The first-order valence-corrected chi connectivity index (χ1v) is 6.86. The number of aryl methyl sites for hydroxylation is 2. The summed E-state index contributed by atoms with van der Waals surface area (Å²) in [6.07, 6.45) is 0.260. The van der Waals surface area contributed by atoms with Crippen molar-refractivity contribution >= 4 is 33.8 Å². The number of fused-ring (bicyclic) bond motifs is 3. The second-order valence-electron chi connectivity index (χ2n) is 4.30. The summed E-state index contributed by atoms with van der Waals surface area (Å²) in [5.41, 5.74) is 0.641. The maximum atomic E-state index is 12.5. The van der Waals surface area contributed by atoms with Gasteiger partial charge in [0.2, 0.25) is 0 Å². The summed E-state index contributed by atoms with van der Waals surface area (Å²) in [7, 11) is 0. The van der Waals surface area contributed by atoms with Gasteiger partial charge in [-0.1, -0.05) is 0 Å². The molecular weight excluding hydrogens is 278 g/mol. The molecule has 2 aromatic heterocycles. The Morgan fingerprint density at radius 1 is 1.44 bits per heavy atom. The Hall–Kier alpha value is -1.08. The fourth-order valence-corrected chi connectivity index (χ4v) is 4.02. The van der Waals surface area contributed by atoms with E-state index in [1.165, 1.54) is 16.2 Å². The summed E-state index contributed by atoms with van der Waals surface area (Å²) in [5.74, 6) is 0. The summed E-state index contributed by atoms with van der Waals surface area (Å²) < 4.78 is 26.0. The number of alkyl halides is 2. The van der Waals surface area contributed by atoms with Crippen molar-refractivity contribution in [1.29, 1.82) is 0 Å². The molecule has 0 unspecified atom stereocenters. The van der Waals surface area contributed by atoms with Crippen molar-refractivity contribution in [2.75, 3.05) is 0 Å². The number of thiophene rings is 1. The lowest BCUT2D eigenvalue weighted by Crippen LogP contribution is -2.25. The molecule has 0 radical (unpaired) electrons. The van der Waals surface area contributed by atoms with Crippen LogP contribution in [0.4, 0.5) is 8.78 Å². The zero-order chi connectivity index (χ0) is 12.9. The van der Waals surface area contributed by atoms with Crippen molar-refractivity contribution in [3.05, 3.63) is 25.6 Å². The molecule has 0 aromatic carbocycles. The molecule has 0 saturated heterocycles. The number of rotatable bonds is 2. The monoisotopic (exact) mass is 288 g/mol. The van der Waals surface area contributed by atoms with E-state index in [2.05, 4.69) is 4.98 Å². The fourth-order valence-electron chi connectivity index (χ4n) is 2.41. The second-order valence-corrected chi connectivity index (χ2v) is 5.79. The molecule has 1 aliphatic rings. The molecule has 0 amide bonds. The molecular formula is C11H10F2N2OS2. The highest BCUT2D eigenvalue weighted by Gasteiger charge is 2.22. The van der Waals surface area contributed by atoms with E-state index in [4.69, 9.17) is 12.2 Å². The van der Waals surface area contributed by atoms with Crippen LogP contribution >= 0.6 is 23.6 Å². The fraction of sp³-hybridized carbons (Fsp3) is 0.455. The first-order chi connectivity index (χ1) is 8.58. The van der Waals surface area contributed by atoms with Crippen molar-refractivity contribution < 1.29 is 8.78 Å². The van der Waals surface area contributed by atoms with Crippen LogP contribution in [0.2, 0.25) is 0 Å². The Bertz CT molecular complexity index is 729. The molecule has 2 heterocycles. The van der Waals surface area contributed by atoms with E-state index < -0.39 is 13.0 Å². The highest BCUT2D eigenvalue weighted by Crippen LogP contribution is 2.34. The Labute approximate surface area is 110 Å². The van der Waals surface area contributed by atoms with E-state index >= 15 is 0 Å². The van der Waals surface area contributed by atoms with Gasteiger partial charge in [-0.2, -0.15) is 0 Å². The Balaban J connectivity index is 2.33. The predicted molar refractivity (Wildman–Crippen MR) is 69.3 cm³/mol. The molecule has 0 aliphatic heterocycles. The number of aromatic nitrogens is 2. The van der Waals surface area contributed by atoms with Crippen LogP contribution in [-0.2, 0) is 19.4 Å². The van der Waals surface area contributed by atoms with Gasteiger partial charge in [-0.15, -0.1) is 11.3 Å². The molecule has 0 fully saturated rings. The van der Waals surface area contributed by atoms with E-state index in [-0.39, 0.29) is 10.3 Å². The largest absolute Gasteiger partial charge is 0.323 e. The van der Waals surface area contributed by atoms with Crippen molar-refractivity contribution in [3.63, 3.8) is 0 Å². The van der Waals surface area contributed by atoms with Gasteiger partial charge >= 0.3 is 0 Å². The minimum atomic E-state index is -2.58. The molecule has 1 N–H and O–H groups in total. The van der Waals surface area contributed by atoms with E-state index in [0.29, 0.717) is 5.39 Å². The molecule has 0 bridgehead atoms. The van der Waals surface area contributed by atoms with E-state index in [0.717, 1.165) is 34.2 Å². The first-order valence-electron chi connectivity index (χ1n) is 5.63. The first kappa shape index (κ1) is 12.0. The van der Waals surface area contributed by atoms with Crippen LogP contribution in [0.1, 0.15) is 16.9 Å². The number of halogens is 2. The van der Waals surface area contributed by atoms with Crippen LogP contribution < -0.4 is 5.56 Å². The summed E-state index contributed by atoms with van der Waals surface area (Å²) in [6.45, 7) is -0.644. The predicted octanol–water partition coefficient (Wildman–Crippen LogP) is 2.87. The third kappa shape index (κ3) is 1.73. The lowest BCUT2D eigenvalue weighted by atomic mass is 10.2. The van der Waals surface area contributed by atoms with Crippen LogP contribution in [0.3, 0.4) is 0 Å². The zero-order valence-corrected chi connectivity index (χ0v) is 11.0. The third-order valence-electron chi connectivity index (χ3n) is 3.17. The Morgan fingerprint density at radius 2 is 2.22 bits per heavy atom. The molecule has 0 spiro atoms. The minimum absolute atomic E-state index is 0.0766. The maximum Gasteiger partial charge on any atom is 0.263 e. The van der Waals surface area contributed by atoms with Crippen LogP contribution in [0.5, 0.6) is 0 Å². The minimum Gasteiger partial charge on any atom is -0.323 e. The quantitative estimate of drug-likeness (QED) is 0.863. The molecule has 3 rings (SSSR count). The van der Waals surface area contributed by atoms with Crippen LogP contribution in [0.25, 0.3) is 10.2 Å². The smallest absolute Gasteiger partial charge is 0.263 e. The summed E-state index contributed by atoms with van der Waals surface area (Å²) >= 11 is 6.49. The highest BCUT2D eigenvalue weighted by molar-refractivity contribution is 7.71. The second kappa shape index (κ2) is 4.24. The van der Waals surface area contributed by atoms with E-state index in [9.17, 15) is 13.6 Å². The lowest BCUT2D eigenvalue weighted by Gasteiger charge is -2.05. The van der Waals surface area contributed by atoms with Gasteiger partial charge in [0.25, 0.3) is 12.0 Å². The topological polar surface area (TPSA) is 37.8 Å². The zero-order valence-electron chi connectivity index (χ0n) is 9.33. The summed E-state index contributed by atoms with van der Waals surface area (Å²) in [6, 6.07) is 0. The normalized spacial score (nSPS) is 14.6. The van der Waals surface area contributed by atoms with Gasteiger partial charge in [-0.25, -0.2) is 8.78 Å². The van der Waals surface area contributed by atoms with Gasteiger partial charge in [0.15, 0.2) is 4.77 Å². The standard InChI is InChI=1S/C11H10F2N2OS2/c12-7(13)4-15-10(16)8-5-2-1-3-6(5)18-9(8)14-11(15)17/h7H,1-4H2,(H,14,17). The Kier molecular flexibility index (Phi) is 2.82. The van der Waals surface area contributed by atoms with Gasteiger partial charge < -0.3 is 4.98 Å². The Morgan fingerprint density at radius 3 is 2.94 bits per heavy atom. The molecule has 2 aromatic rings. The number of hydrogen-bond acceptors (Lipinski definition) is 3. The number of H-pyrrole nitrogens is 1. The third-order valence-corrected chi connectivity index (χ3v) is 4.70. The molecule has 3 nitrogen and oxygen atoms in total. The van der Waals surface area contributed by atoms with Crippen LogP contribution in [0, 0.1) is 4.77 Å². The molecule has 7 heteroatoms. The average Bonchev–Trinajstić information content (AvgIpc) is 2.83. The molecule has 1 aliphatic carbocycles. The molecule has 96 valence electrons. The van der Waals surface area contributed by atoms with Gasteiger partial charge in [0.1, 0.15) is 4.83 Å². The van der Waals surface area contributed by atoms with Crippen molar-refractivity contribution in [3.8, 4) is 0 Å². The number of hydrogen-bond donors (Lipinski definition) is 1. The summed E-state index contributed by atoms with van der Waals surface area (Å²) in [5, 5.41) is 0.557. The van der Waals surface area contributed by atoms with Gasteiger partial charge in [0.05, 0.1) is 11.9 Å². The van der Waals surface area contributed by atoms with Gasteiger partial charge in [-0.05, 0) is 37.0 Å². The van der Waals surface area contributed by atoms with Crippen molar-refractivity contribution in [1.82, 2.24) is 9.55 Å². The van der Waals surface area contributed by atoms with Gasteiger partial charge in [0, 0.05) is 4.88 Å². The van der Waals surface area contributed by atoms with Crippen LogP contribution in [-0.4, -0.2) is 16.0 Å². The number of aromatic amines is 1. The molecule has 0 atom stereocenters. The van der Waals surface area contributed by atoms with E-state index in [1.807, 2.05) is 0 Å². The average molecular weight is 288 g/mol. The molecule has 0 saturated carbocycles. The lowest BCUT2D eigenvalue weighted by molar-refractivity contribution is 0.124. The number of nitrogens with one attached hydrogen (secondary N) is 1. The van der Waals surface area contributed by atoms with Crippen LogP contribution in [0.15, 0.2) is 4.79 Å². The summed E-state index contributed by atoms with van der Waals surface area (Å²) in [4.78, 5) is 17.1. The van der Waals surface area contributed by atoms with Crippen molar-refractivity contribution in [2.24, 2.45) is 0 Å². The SMILES string of the molecule is O=c1c2c3c(sc2[nH]c(=S)n1CC(F)F)CCC3. The van der Waals surface area contributed by atoms with Crippen molar-refractivity contribution in [2.45, 2.75) is 32.2 Å². The maximum absolute atomic E-state index is 12.5. The number of nitrogens with zero attached hydrogens (tertiary/aromatic N) is 1. The highest BCUT2D eigenvalue weighted by atomic mass is 32.1. The van der Waals surface area contributed by atoms with E-state index in [1.54, 1.807) is 0 Å². The van der Waals surface area contributed by atoms with Gasteiger partial charge in [-0.3, -0.25) is 9.36 Å².